The van der Waals surface area contributed by atoms with Gasteiger partial charge in [-0.25, -0.2) is 0 Å². The Morgan fingerprint density at radius 3 is 2.50 bits per heavy atom. The van der Waals surface area contributed by atoms with Gasteiger partial charge in [0.25, 0.3) is 0 Å². The average molecular weight is 225 g/mol. The normalized spacial score (nSPS) is 30.9. The molecule has 1 nitrogen and oxygen atoms in total. The highest BCUT2D eigenvalue weighted by atomic mass is 14.8. The summed E-state index contributed by atoms with van der Waals surface area (Å²) in [6, 6.07) is 0. The molecule has 3 unspecified atom stereocenters. The van der Waals surface area contributed by atoms with E-state index in [1.165, 1.54) is 38.6 Å². The van der Waals surface area contributed by atoms with E-state index in [2.05, 4.69) is 33.0 Å². The van der Waals surface area contributed by atoms with Gasteiger partial charge in [0.2, 0.25) is 0 Å². The Hall–Kier alpha value is -0.0400. The van der Waals surface area contributed by atoms with Gasteiger partial charge in [-0.3, -0.25) is 0 Å². The van der Waals surface area contributed by atoms with Crippen LogP contribution in [-0.2, 0) is 0 Å². The Kier molecular flexibility index (Phi) is 6.41. The number of hydrogen-bond acceptors (Lipinski definition) is 1. The van der Waals surface area contributed by atoms with Gasteiger partial charge in [-0.1, -0.05) is 47.0 Å². The van der Waals surface area contributed by atoms with Crippen LogP contribution in [0, 0.1) is 23.7 Å². The van der Waals surface area contributed by atoms with Crippen molar-refractivity contribution >= 4 is 0 Å². The van der Waals surface area contributed by atoms with E-state index in [0.717, 1.165) is 30.2 Å². The van der Waals surface area contributed by atoms with Gasteiger partial charge in [0.1, 0.15) is 0 Å². The molecule has 1 aliphatic rings. The molecule has 1 saturated carbocycles. The summed E-state index contributed by atoms with van der Waals surface area (Å²) in [6.07, 6.45) is 7.25. The molecule has 0 heterocycles. The summed E-state index contributed by atoms with van der Waals surface area (Å²) >= 11 is 0. The SMILES string of the molecule is CCCC1CCC(CNCC)C(C(C)C)C1. The highest BCUT2D eigenvalue weighted by molar-refractivity contribution is 4.83. The third-order valence-electron chi connectivity index (χ3n) is 4.37. The largest absolute Gasteiger partial charge is 0.317 e. The summed E-state index contributed by atoms with van der Waals surface area (Å²) in [5.74, 6) is 3.79. The van der Waals surface area contributed by atoms with Crippen molar-refractivity contribution in [3.05, 3.63) is 0 Å². The Labute approximate surface area is 102 Å². The molecule has 1 aliphatic carbocycles. The minimum atomic E-state index is 0.864. The maximum Gasteiger partial charge on any atom is -0.00179 e. The minimum Gasteiger partial charge on any atom is -0.317 e. The molecule has 1 heteroatoms. The summed E-state index contributed by atoms with van der Waals surface area (Å²) in [5.41, 5.74) is 0. The van der Waals surface area contributed by atoms with Crippen LogP contribution >= 0.6 is 0 Å². The van der Waals surface area contributed by atoms with Gasteiger partial charge in [-0.05, 0) is 49.6 Å². The van der Waals surface area contributed by atoms with Gasteiger partial charge in [-0.15, -0.1) is 0 Å². The highest BCUT2D eigenvalue weighted by Crippen LogP contribution is 2.39. The first-order chi connectivity index (χ1) is 7.69. The van der Waals surface area contributed by atoms with Crippen LogP contribution in [0.25, 0.3) is 0 Å². The number of hydrogen-bond donors (Lipinski definition) is 1. The van der Waals surface area contributed by atoms with Crippen LogP contribution in [0.2, 0.25) is 0 Å². The molecule has 3 atom stereocenters. The quantitative estimate of drug-likeness (QED) is 0.718. The van der Waals surface area contributed by atoms with Gasteiger partial charge in [-0.2, -0.15) is 0 Å². The summed E-state index contributed by atoms with van der Waals surface area (Å²) in [4.78, 5) is 0. The van der Waals surface area contributed by atoms with Gasteiger partial charge < -0.3 is 5.32 Å². The van der Waals surface area contributed by atoms with Crippen molar-refractivity contribution in [3.63, 3.8) is 0 Å². The van der Waals surface area contributed by atoms with Crippen LogP contribution in [-0.4, -0.2) is 13.1 Å². The van der Waals surface area contributed by atoms with Crippen molar-refractivity contribution in [2.45, 2.75) is 59.8 Å². The van der Waals surface area contributed by atoms with Crippen molar-refractivity contribution in [3.8, 4) is 0 Å². The molecule has 0 aromatic rings. The Balaban J connectivity index is 2.46. The first kappa shape index (κ1) is 14.0. The standard InChI is InChI=1S/C15H31N/c1-5-7-13-8-9-14(11-16-6-2)15(10-13)12(3)4/h12-16H,5-11H2,1-4H3. The van der Waals surface area contributed by atoms with Gasteiger partial charge >= 0.3 is 0 Å². The van der Waals surface area contributed by atoms with E-state index in [0.29, 0.717) is 0 Å². The first-order valence-electron chi connectivity index (χ1n) is 7.39. The molecule has 1 N–H and O–H groups in total. The van der Waals surface area contributed by atoms with Gasteiger partial charge in [0.05, 0.1) is 0 Å². The summed E-state index contributed by atoms with van der Waals surface area (Å²) in [6.45, 7) is 11.7. The molecular formula is C15H31N. The van der Waals surface area contributed by atoms with Crippen molar-refractivity contribution in [2.75, 3.05) is 13.1 Å². The summed E-state index contributed by atoms with van der Waals surface area (Å²) in [5, 5.41) is 3.55. The fourth-order valence-corrected chi connectivity index (χ4v) is 3.43. The second-order valence-electron chi connectivity index (χ2n) is 5.94. The van der Waals surface area contributed by atoms with Crippen LogP contribution in [0.3, 0.4) is 0 Å². The van der Waals surface area contributed by atoms with E-state index in [-0.39, 0.29) is 0 Å². The van der Waals surface area contributed by atoms with Crippen LogP contribution in [0.5, 0.6) is 0 Å². The fraction of sp³-hybridized carbons (Fsp3) is 1.00. The monoisotopic (exact) mass is 225 g/mol. The van der Waals surface area contributed by atoms with E-state index in [1.807, 2.05) is 0 Å². The molecule has 0 saturated heterocycles. The molecule has 0 amide bonds. The zero-order valence-electron chi connectivity index (χ0n) is 11.8. The van der Waals surface area contributed by atoms with Gasteiger partial charge in [0, 0.05) is 0 Å². The lowest BCUT2D eigenvalue weighted by Gasteiger charge is -2.38. The predicted molar refractivity (Wildman–Crippen MR) is 72.6 cm³/mol. The zero-order chi connectivity index (χ0) is 12.0. The van der Waals surface area contributed by atoms with Crippen molar-refractivity contribution in [1.29, 1.82) is 0 Å². The third kappa shape index (κ3) is 4.08. The predicted octanol–water partition coefficient (Wildman–Crippen LogP) is 4.08. The minimum absolute atomic E-state index is 0.864. The summed E-state index contributed by atoms with van der Waals surface area (Å²) in [7, 11) is 0. The topological polar surface area (TPSA) is 12.0 Å². The van der Waals surface area contributed by atoms with E-state index in [1.54, 1.807) is 0 Å². The molecule has 1 fully saturated rings. The summed E-state index contributed by atoms with van der Waals surface area (Å²) < 4.78 is 0. The molecule has 0 spiro atoms. The van der Waals surface area contributed by atoms with E-state index in [9.17, 15) is 0 Å². The molecule has 0 aliphatic heterocycles. The smallest absolute Gasteiger partial charge is 0.00179 e. The Bertz CT molecular complexity index is 176. The Morgan fingerprint density at radius 2 is 1.94 bits per heavy atom. The third-order valence-corrected chi connectivity index (χ3v) is 4.37. The lowest BCUT2D eigenvalue weighted by molar-refractivity contribution is 0.128. The van der Waals surface area contributed by atoms with E-state index >= 15 is 0 Å². The number of rotatable bonds is 6. The molecule has 0 aromatic carbocycles. The maximum absolute atomic E-state index is 3.55. The Morgan fingerprint density at radius 1 is 1.19 bits per heavy atom. The molecular weight excluding hydrogens is 194 g/mol. The highest BCUT2D eigenvalue weighted by Gasteiger charge is 2.31. The lowest BCUT2D eigenvalue weighted by atomic mass is 9.68. The van der Waals surface area contributed by atoms with E-state index < -0.39 is 0 Å². The molecule has 0 aromatic heterocycles. The van der Waals surface area contributed by atoms with Crippen LogP contribution in [0.4, 0.5) is 0 Å². The molecule has 0 bridgehead atoms. The van der Waals surface area contributed by atoms with Crippen LogP contribution < -0.4 is 5.32 Å². The van der Waals surface area contributed by atoms with Crippen molar-refractivity contribution < 1.29 is 0 Å². The van der Waals surface area contributed by atoms with Crippen molar-refractivity contribution in [1.82, 2.24) is 5.32 Å². The first-order valence-corrected chi connectivity index (χ1v) is 7.39. The molecule has 1 rings (SSSR count). The molecule has 16 heavy (non-hydrogen) atoms. The van der Waals surface area contributed by atoms with Crippen LogP contribution in [0.1, 0.15) is 59.8 Å². The zero-order valence-corrected chi connectivity index (χ0v) is 11.8. The average Bonchev–Trinajstić information content (AvgIpc) is 2.27. The second-order valence-corrected chi connectivity index (χ2v) is 5.94. The van der Waals surface area contributed by atoms with Crippen molar-refractivity contribution in [2.24, 2.45) is 23.7 Å². The lowest BCUT2D eigenvalue weighted by Crippen LogP contribution is -2.35. The van der Waals surface area contributed by atoms with Gasteiger partial charge in [0.15, 0.2) is 0 Å². The maximum atomic E-state index is 3.55. The van der Waals surface area contributed by atoms with E-state index in [4.69, 9.17) is 0 Å². The number of nitrogens with one attached hydrogen (secondary N) is 1. The van der Waals surface area contributed by atoms with Crippen LogP contribution in [0.15, 0.2) is 0 Å². The molecule has 96 valence electrons. The molecule has 0 radical (unpaired) electrons. The fourth-order valence-electron chi connectivity index (χ4n) is 3.43. The second kappa shape index (κ2) is 7.32.